The molecule has 0 amide bonds. The molecular weight excluding hydrogens is 270 g/mol. The van der Waals surface area contributed by atoms with Gasteiger partial charge in [0, 0.05) is 0 Å². The number of ether oxygens (including phenoxy) is 2. The van der Waals surface area contributed by atoms with Gasteiger partial charge in [0.25, 0.3) is 0 Å². The zero-order valence-electron chi connectivity index (χ0n) is 11.5. The number of nitrogens with two attached hydrogens (primary N) is 1. The predicted octanol–water partition coefficient (Wildman–Crippen LogP) is 2.52. The van der Waals surface area contributed by atoms with Crippen LogP contribution < -0.4 is 15.2 Å². The van der Waals surface area contributed by atoms with Crippen molar-refractivity contribution in [3.8, 4) is 17.4 Å². The number of hydrogen-bond donors (Lipinski definition) is 2. The summed E-state index contributed by atoms with van der Waals surface area (Å²) in [7, 11) is 0. The Hall–Kier alpha value is -2.83. The van der Waals surface area contributed by atoms with Crippen LogP contribution in [-0.4, -0.2) is 26.8 Å². The lowest BCUT2D eigenvalue weighted by molar-refractivity contribution is 0.317. The zero-order chi connectivity index (χ0) is 14.7. The minimum Gasteiger partial charge on any atom is -0.494 e. The van der Waals surface area contributed by atoms with Gasteiger partial charge in [-0.25, -0.2) is 0 Å². The van der Waals surface area contributed by atoms with Crippen LogP contribution in [0.2, 0.25) is 0 Å². The number of aromatic amines is 1. The van der Waals surface area contributed by atoms with Crippen molar-refractivity contribution in [2.75, 3.05) is 12.3 Å². The molecule has 0 unspecified atom stereocenters. The standard InChI is InChI=1S/C14H15N5O2/c1-2-7-20-9-3-5-10(6-4-9)21-13-11-8-16-19-12(11)17-14(15)18-13/h3-6,8H,2,7H2,1H3,(H3,15,16,17,18,19). The Morgan fingerprint density at radius 3 is 2.67 bits per heavy atom. The monoisotopic (exact) mass is 285 g/mol. The van der Waals surface area contributed by atoms with Crippen LogP contribution in [0.4, 0.5) is 5.95 Å². The molecule has 1 aromatic carbocycles. The number of fused-ring (bicyclic) bond motifs is 1. The lowest BCUT2D eigenvalue weighted by Gasteiger charge is -2.08. The van der Waals surface area contributed by atoms with Gasteiger partial charge in [0.05, 0.1) is 12.8 Å². The number of aromatic nitrogens is 4. The van der Waals surface area contributed by atoms with E-state index in [2.05, 4.69) is 27.1 Å². The number of rotatable bonds is 5. The van der Waals surface area contributed by atoms with E-state index in [1.807, 2.05) is 24.3 Å². The first-order valence-electron chi connectivity index (χ1n) is 6.63. The molecule has 0 fully saturated rings. The van der Waals surface area contributed by atoms with E-state index in [0.717, 1.165) is 12.2 Å². The maximum Gasteiger partial charge on any atom is 0.235 e. The molecular formula is C14H15N5O2. The Labute approximate surface area is 121 Å². The van der Waals surface area contributed by atoms with Gasteiger partial charge >= 0.3 is 0 Å². The third-order valence-corrected chi connectivity index (χ3v) is 2.80. The highest BCUT2D eigenvalue weighted by Gasteiger charge is 2.10. The largest absolute Gasteiger partial charge is 0.494 e. The van der Waals surface area contributed by atoms with E-state index >= 15 is 0 Å². The van der Waals surface area contributed by atoms with Crippen molar-refractivity contribution in [3.05, 3.63) is 30.5 Å². The smallest absolute Gasteiger partial charge is 0.235 e. The molecule has 0 bridgehead atoms. The van der Waals surface area contributed by atoms with E-state index in [-0.39, 0.29) is 5.95 Å². The normalized spacial score (nSPS) is 10.7. The minimum absolute atomic E-state index is 0.129. The fraction of sp³-hybridized carbons (Fsp3) is 0.214. The van der Waals surface area contributed by atoms with Gasteiger partial charge in [-0.1, -0.05) is 6.92 Å². The van der Waals surface area contributed by atoms with Crippen molar-refractivity contribution in [3.63, 3.8) is 0 Å². The van der Waals surface area contributed by atoms with Crippen LogP contribution in [0.5, 0.6) is 17.4 Å². The molecule has 7 nitrogen and oxygen atoms in total. The van der Waals surface area contributed by atoms with E-state index in [1.165, 1.54) is 0 Å². The first kappa shape index (κ1) is 13.2. The van der Waals surface area contributed by atoms with Crippen LogP contribution in [0.1, 0.15) is 13.3 Å². The Kier molecular flexibility index (Phi) is 3.55. The summed E-state index contributed by atoms with van der Waals surface area (Å²) in [4.78, 5) is 8.13. The van der Waals surface area contributed by atoms with Crippen LogP contribution in [-0.2, 0) is 0 Å². The Balaban J connectivity index is 1.83. The fourth-order valence-corrected chi connectivity index (χ4v) is 1.84. The quantitative estimate of drug-likeness (QED) is 0.747. The Morgan fingerprint density at radius 2 is 1.90 bits per heavy atom. The third kappa shape index (κ3) is 2.86. The van der Waals surface area contributed by atoms with Gasteiger partial charge in [-0.2, -0.15) is 15.1 Å². The summed E-state index contributed by atoms with van der Waals surface area (Å²) in [6.45, 7) is 2.76. The fourth-order valence-electron chi connectivity index (χ4n) is 1.84. The molecule has 3 rings (SSSR count). The molecule has 2 heterocycles. The highest BCUT2D eigenvalue weighted by molar-refractivity contribution is 5.80. The van der Waals surface area contributed by atoms with E-state index in [9.17, 15) is 0 Å². The van der Waals surface area contributed by atoms with Crippen molar-refractivity contribution in [1.82, 2.24) is 20.2 Å². The lowest BCUT2D eigenvalue weighted by atomic mass is 10.3. The summed E-state index contributed by atoms with van der Waals surface area (Å²) in [6.07, 6.45) is 2.57. The zero-order valence-corrected chi connectivity index (χ0v) is 11.5. The van der Waals surface area contributed by atoms with Gasteiger partial charge in [0.1, 0.15) is 16.9 Å². The maximum atomic E-state index is 5.74. The number of nitrogens with zero attached hydrogens (tertiary/aromatic N) is 3. The van der Waals surface area contributed by atoms with Crippen molar-refractivity contribution in [2.24, 2.45) is 0 Å². The number of benzene rings is 1. The molecule has 108 valence electrons. The van der Waals surface area contributed by atoms with Gasteiger partial charge in [0.2, 0.25) is 11.8 Å². The molecule has 0 saturated carbocycles. The number of anilines is 1. The SMILES string of the molecule is CCCOc1ccc(Oc2nc(N)nc3[nH]ncc23)cc1. The van der Waals surface area contributed by atoms with Crippen molar-refractivity contribution < 1.29 is 9.47 Å². The molecule has 2 aromatic heterocycles. The summed E-state index contributed by atoms with van der Waals surface area (Å²) in [6, 6.07) is 7.33. The van der Waals surface area contributed by atoms with Crippen LogP contribution in [0.25, 0.3) is 11.0 Å². The highest BCUT2D eigenvalue weighted by atomic mass is 16.5. The molecule has 7 heteroatoms. The maximum absolute atomic E-state index is 5.74. The molecule has 0 atom stereocenters. The van der Waals surface area contributed by atoms with Gasteiger partial charge in [-0.05, 0) is 30.7 Å². The molecule has 0 spiro atoms. The third-order valence-electron chi connectivity index (χ3n) is 2.80. The Bertz CT molecular complexity index is 739. The van der Waals surface area contributed by atoms with E-state index in [0.29, 0.717) is 29.3 Å². The molecule has 0 aliphatic carbocycles. The topological polar surface area (TPSA) is 98.9 Å². The summed E-state index contributed by atoms with van der Waals surface area (Å²) < 4.78 is 11.3. The second-order valence-electron chi connectivity index (χ2n) is 4.44. The predicted molar refractivity (Wildman–Crippen MR) is 78.4 cm³/mol. The molecule has 3 N–H and O–H groups in total. The first-order valence-corrected chi connectivity index (χ1v) is 6.63. The van der Waals surface area contributed by atoms with Gasteiger partial charge in [-0.15, -0.1) is 0 Å². The van der Waals surface area contributed by atoms with Gasteiger partial charge in [0.15, 0.2) is 5.65 Å². The van der Waals surface area contributed by atoms with E-state index in [4.69, 9.17) is 15.2 Å². The highest BCUT2D eigenvalue weighted by Crippen LogP contribution is 2.27. The van der Waals surface area contributed by atoms with Crippen molar-refractivity contribution in [1.29, 1.82) is 0 Å². The minimum atomic E-state index is 0.129. The molecule has 0 saturated heterocycles. The molecule has 0 aliphatic heterocycles. The van der Waals surface area contributed by atoms with Crippen LogP contribution in [0.15, 0.2) is 30.5 Å². The summed E-state index contributed by atoms with van der Waals surface area (Å²) in [5.74, 6) is 1.94. The average molecular weight is 285 g/mol. The lowest BCUT2D eigenvalue weighted by Crippen LogP contribution is -1.98. The molecule has 0 radical (unpaired) electrons. The van der Waals surface area contributed by atoms with E-state index < -0.39 is 0 Å². The summed E-state index contributed by atoms with van der Waals surface area (Å²) in [5, 5.41) is 7.32. The van der Waals surface area contributed by atoms with Crippen molar-refractivity contribution >= 4 is 17.0 Å². The first-order chi connectivity index (χ1) is 10.3. The molecule has 21 heavy (non-hydrogen) atoms. The van der Waals surface area contributed by atoms with Gasteiger partial charge < -0.3 is 15.2 Å². The number of nitrogens with one attached hydrogen (secondary N) is 1. The number of nitrogen functional groups attached to an aromatic ring is 1. The second kappa shape index (κ2) is 5.66. The van der Waals surface area contributed by atoms with Crippen LogP contribution in [0.3, 0.4) is 0 Å². The Morgan fingerprint density at radius 1 is 1.14 bits per heavy atom. The van der Waals surface area contributed by atoms with Gasteiger partial charge in [-0.3, -0.25) is 5.10 Å². The molecule has 0 aliphatic rings. The second-order valence-corrected chi connectivity index (χ2v) is 4.44. The number of hydrogen-bond acceptors (Lipinski definition) is 6. The summed E-state index contributed by atoms with van der Waals surface area (Å²) in [5.41, 5.74) is 6.19. The van der Waals surface area contributed by atoms with E-state index in [1.54, 1.807) is 6.20 Å². The van der Waals surface area contributed by atoms with Crippen LogP contribution in [0, 0.1) is 0 Å². The van der Waals surface area contributed by atoms with Crippen molar-refractivity contribution in [2.45, 2.75) is 13.3 Å². The summed E-state index contributed by atoms with van der Waals surface area (Å²) >= 11 is 0. The number of H-pyrrole nitrogens is 1. The van der Waals surface area contributed by atoms with Crippen LogP contribution >= 0.6 is 0 Å². The molecule has 3 aromatic rings. The average Bonchev–Trinajstić information content (AvgIpc) is 2.95.